The zero-order valence-electron chi connectivity index (χ0n) is 35.0. The number of benzene rings is 1. The maximum absolute atomic E-state index is 13.4. The normalized spacial score (nSPS) is 30.7. The van der Waals surface area contributed by atoms with E-state index in [0.29, 0.717) is 25.9 Å². The largest absolute Gasteiger partial charge is 0.466 e. The van der Waals surface area contributed by atoms with Gasteiger partial charge in [-0.2, -0.15) is 0 Å². The van der Waals surface area contributed by atoms with E-state index >= 15 is 0 Å². The van der Waals surface area contributed by atoms with Crippen LogP contribution in [0.25, 0.3) is 6.08 Å². The molecule has 0 aromatic heterocycles. The number of allylic oxidation sites excluding steroid dienone is 1. The van der Waals surface area contributed by atoms with Crippen molar-refractivity contribution in [3.05, 3.63) is 65.3 Å². The Kier molecular flexibility index (Phi) is 19.0. The quantitative estimate of drug-likeness (QED) is 0.0680. The highest BCUT2D eigenvalue weighted by molar-refractivity contribution is 5.83. The summed E-state index contributed by atoms with van der Waals surface area (Å²) in [5.74, 6) is -4.31. The van der Waals surface area contributed by atoms with Crippen LogP contribution in [-0.4, -0.2) is 103 Å². The summed E-state index contributed by atoms with van der Waals surface area (Å²) >= 11 is 0. The van der Waals surface area contributed by atoms with Crippen LogP contribution < -0.4 is 0 Å². The predicted octanol–water partition coefficient (Wildman–Crippen LogP) is 6.57. The average Bonchev–Trinajstić information content (AvgIpc) is 3.19. The fourth-order valence-electron chi connectivity index (χ4n) is 7.43. The van der Waals surface area contributed by atoms with Gasteiger partial charge >= 0.3 is 17.9 Å². The molecule has 13 heteroatoms. The number of esters is 3. The summed E-state index contributed by atoms with van der Waals surface area (Å²) in [6, 6.07) is 8.07. The van der Waals surface area contributed by atoms with Gasteiger partial charge in [-0.25, -0.2) is 4.79 Å². The van der Waals surface area contributed by atoms with Crippen molar-refractivity contribution in [3.8, 4) is 0 Å². The molecule has 3 N–H and O–H groups in total. The van der Waals surface area contributed by atoms with Crippen molar-refractivity contribution >= 4 is 24.0 Å². The molecule has 3 heterocycles. The predicted molar refractivity (Wildman–Crippen MR) is 216 cm³/mol. The number of ether oxygens (including phenoxy) is 7. The highest BCUT2D eigenvalue weighted by Crippen LogP contribution is 2.47. The van der Waals surface area contributed by atoms with Crippen LogP contribution >= 0.6 is 0 Å². The fourth-order valence-corrected chi connectivity index (χ4v) is 7.43. The van der Waals surface area contributed by atoms with E-state index < -0.39 is 72.5 Å². The second-order valence-corrected chi connectivity index (χ2v) is 16.0. The molecule has 4 bridgehead atoms. The molecule has 4 rings (SSSR count). The molecule has 3 aliphatic rings. The van der Waals surface area contributed by atoms with E-state index in [4.69, 9.17) is 33.2 Å². The summed E-state index contributed by atoms with van der Waals surface area (Å²) < 4.78 is 41.8. The molecule has 2 saturated heterocycles. The van der Waals surface area contributed by atoms with Gasteiger partial charge in [0.25, 0.3) is 0 Å². The average molecular weight is 815 g/mol. The van der Waals surface area contributed by atoms with E-state index in [1.165, 1.54) is 13.2 Å². The molecule has 13 nitrogen and oxygen atoms in total. The Bertz CT molecular complexity index is 1530. The minimum atomic E-state index is -2.28. The molecule has 0 spiro atoms. The van der Waals surface area contributed by atoms with Gasteiger partial charge in [0.15, 0.2) is 12.4 Å². The highest BCUT2D eigenvalue weighted by Gasteiger charge is 2.57. The van der Waals surface area contributed by atoms with Crippen LogP contribution in [0.5, 0.6) is 0 Å². The topological polar surface area (TPSA) is 177 Å². The maximum atomic E-state index is 13.4. The number of rotatable bonds is 12. The van der Waals surface area contributed by atoms with Crippen molar-refractivity contribution < 1.29 is 62.9 Å². The van der Waals surface area contributed by atoms with E-state index in [0.717, 1.165) is 43.2 Å². The van der Waals surface area contributed by atoms with Crippen LogP contribution in [0.3, 0.4) is 0 Å². The summed E-state index contributed by atoms with van der Waals surface area (Å²) in [6.45, 7) is 7.57. The van der Waals surface area contributed by atoms with Crippen molar-refractivity contribution in [2.24, 2.45) is 5.41 Å². The Morgan fingerprint density at radius 2 is 1.71 bits per heavy atom. The Morgan fingerprint density at radius 3 is 2.41 bits per heavy atom. The molecule has 324 valence electrons. The summed E-state index contributed by atoms with van der Waals surface area (Å²) in [7, 11) is 1.22. The molecular formula is C45H66O13. The number of cyclic esters (lactones) is 1. The highest BCUT2D eigenvalue weighted by atomic mass is 16.7. The van der Waals surface area contributed by atoms with Gasteiger partial charge in [-0.05, 0) is 54.9 Å². The van der Waals surface area contributed by atoms with E-state index in [-0.39, 0.29) is 50.4 Å². The Hall–Kier alpha value is -3.43. The van der Waals surface area contributed by atoms with E-state index in [2.05, 4.69) is 26.0 Å². The number of hydrogen-bond donors (Lipinski definition) is 3. The zero-order valence-corrected chi connectivity index (χ0v) is 35.0. The molecule has 58 heavy (non-hydrogen) atoms. The smallest absolute Gasteiger partial charge is 0.330 e. The maximum Gasteiger partial charge on any atom is 0.330 e. The first-order valence-corrected chi connectivity index (χ1v) is 21.0. The molecular weight excluding hydrogens is 748 g/mol. The summed E-state index contributed by atoms with van der Waals surface area (Å²) in [4.78, 5) is 39.2. The minimum Gasteiger partial charge on any atom is -0.466 e. The molecule has 0 amide bonds. The number of aliphatic hydroxyl groups is 3. The van der Waals surface area contributed by atoms with Crippen molar-refractivity contribution in [1.29, 1.82) is 0 Å². The summed E-state index contributed by atoms with van der Waals surface area (Å²) in [6.07, 6.45) is 9.01. The van der Waals surface area contributed by atoms with Crippen LogP contribution in [0.15, 0.2) is 54.1 Å². The standard InChI is InChI=1S/C45H66O13/c1-6-8-10-11-12-14-39(48)57-43-33(26-40(49)52-5)25-36-28-37(30-46)55-41(50)27-34(47)20-23-53-38(32-17-15-31(16-18-32)13-9-7-2)29-35-21-24-54-42(56-35)19-22-44(3,4)45(43,51)58-36/h9,13,15-19,22,26,34-38,42-43,46-47,51H,6-8,10-12,14,20-21,23-25,27-30H2,1-5H3/t34-,35+,36+,37-,38+,42+,43+,45-/m1/s1. The molecule has 2 fully saturated rings. The van der Waals surface area contributed by atoms with Gasteiger partial charge < -0.3 is 48.5 Å². The van der Waals surface area contributed by atoms with Crippen LogP contribution in [0.4, 0.5) is 0 Å². The number of hydrogen-bond acceptors (Lipinski definition) is 13. The Morgan fingerprint density at radius 1 is 0.966 bits per heavy atom. The number of carbonyl (C=O) groups excluding carboxylic acids is 3. The number of unbranched alkanes of at least 4 members (excludes halogenated alkanes) is 4. The summed E-state index contributed by atoms with van der Waals surface area (Å²) in [5.41, 5.74) is 0.896. The van der Waals surface area contributed by atoms with Crippen molar-refractivity contribution in [1.82, 2.24) is 0 Å². The molecule has 1 aromatic rings. The first kappa shape index (κ1) is 47.3. The van der Waals surface area contributed by atoms with Gasteiger partial charge in [0.2, 0.25) is 5.79 Å². The molecule has 1 aromatic carbocycles. The zero-order chi connectivity index (χ0) is 42.1. The van der Waals surface area contributed by atoms with Crippen LogP contribution in [-0.2, 0) is 47.5 Å². The lowest BCUT2D eigenvalue weighted by Crippen LogP contribution is -2.62. The molecule has 0 unspecified atom stereocenters. The van der Waals surface area contributed by atoms with Crippen molar-refractivity contribution in [2.45, 2.75) is 160 Å². The minimum absolute atomic E-state index is 0.0183. The van der Waals surface area contributed by atoms with E-state index in [1.54, 1.807) is 26.0 Å². The molecule has 0 saturated carbocycles. The third kappa shape index (κ3) is 14.1. The number of fused-ring (bicyclic) bond motifs is 4. The van der Waals surface area contributed by atoms with Gasteiger partial charge in [-0.1, -0.05) is 95.9 Å². The molecule has 0 aliphatic carbocycles. The fraction of sp³-hybridized carbons (Fsp3) is 0.667. The van der Waals surface area contributed by atoms with Crippen LogP contribution in [0, 0.1) is 5.41 Å². The molecule has 3 aliphatic heterocycles. The summed E-state index contributed by atoms with van der Waals surface area (Å²) in [5, 5.41) is 33.9. The second-order valence-electron chi connectivity index (χ2n) is 16.0. The van der Waals surface area contributed by atoms with Crippen LogP contribution in [0.2, 0.25) is 0 Å². The first-order chi connectivity index (χ1) is 27.8. The SMILES string of the molecule is CCC=Cc1ccc([C@@H]2C[C@@H]3CCO[C@H](C=CC(C)(C)[C@]4(O)O[C@@H](CC(=CC(=O)OC)[C@@H]4OC(=O)CCCCCCC)C[C@H](CO)OC(=O)C[C@H](O)CCO2)O3)cc1. The van der Waals surface area contributed by atoms with Crippen molar-refractivity contribution in [3.63, 3.8) is 0 Å². The number of methoxy groups -OCH3 is 1. The number of carbonyl (C=O) groups is 3. The van der Waals surface area contributed by atoms with E-state index in [9.17, 15) is 29.7 Å². The lowest BCUT2D eigenvalue weighted by molar-refractivity contribution is -0.327. The Labute approximate surface area is 343 Å². The van der Waals surface area contributed by atoms with Gasteiger partial charge in [-0.15, -0.1) is 0 Å². The van der Waals surface area contributed by atoms with Crippen molar-refractivity contribution in [2.75, 3.05) is 26.9 Å². The van der Waals surface area contributed by atoms with Gasteiger partial charge in [0.1, 0.15) is 6.10 Å². The first-order valence-electron chi connectivity index (χ1n) is 21.0. The lowest BCUT2D eigenvalue weighted by atomic mass is 9.74. The molecule has 0 radical (unpaired) electrons. The van der Waals surface area contributed by atoms with Gasteiger partial charge in [0.05, 0.1) is 51.2 Å². The Balaban J connectivity index is 1.69. The molecule has 8 atom stereocenters. The number of aliphatic hydroxyl groups excluding tert-OH is 2. The second kappa shape index (κ2) is 23.4. The third-order valence-corrected chi connectivity index (χ3v) is 10.9. The van der Waals surface area contributed by atoms with Crippen LogP contribution in [0.1, 0.15) is 128 Å². The lowest BCUT2D eigenvalue weighted by Gasteiger charge is -2.51. The monoisotopic (exact) mass is 814 g/mol. The van der Waals surface area contributed by atoms with E-state index in [1.807, 2.05) is 24.3 Å². The van der Waals surface area contributed by atoms with Gasteiger partial charge in [0, 0.05) is 37.4 Å². The third-order valence-electron chi connectivity index (χ3n) is 10.9. The van der Waals surface area contributed by atoms with Gasteiger partial charge in [-0.3, -0.25) is 9.59 Å².